The van der Waals surface area contributed by atoms with Gasteiger partial charge in [-0.05, 0) is 28.7 Å². The molecule has 0 amide bonds. The molecule has 0 saturated carbocycles. The van der Waals surface area contributed by atoms with Crippen molar-refractivity contribution in [1.82, 2.24) is 0 Å². The highest BCUT2D eigenvalue weighted by molar-refractivity contribution is 5.62. The van der Waals surface area contributed by atoms with Crippen LogP contribution in [0.2, 0.25) is 0 Å². The minimum Gasteiger partial charge on any atom is -0.389 e. The largest absolute Gasteiger partial charge is 0.389 e. The van der Waals surface area contributed by atoms with Gasteiger partial charge in [0, 0.05) is 6.42 Å². The van der Waals surface area contributed by atoms with Gasteiger partial charge in [-0.25, -0.2) is 0 Å². The van der Waals surface area contributed by atoms with E-state index in [2.05, 4.69) is 42.5 Å². The molecule has 0 fully saturated rings. The number of aliphatic hydroxyl groups is 1. The lowest BCUT2D eigenvalue weighted by Crippen LogP contribution is -2.09. The van der Waals surface area contributed by atoms with Crippen molar-refractivity contribution in [3.8, 4) is 0 Å². The highest BCUT2D eigenvalue weighted by Gasteiger charge is 2.15. The quantitative estimate of drug-likeness (QED) is 0.698. The third kappa shape index (κ3) is 1.63. The fourth-order valence-electron chi connectivity index (χ4n) is 2.36. The highest BCUT2D eigenvalue weighted by atomic mass is 16.3. The Morgan fingerprint density at radius 3 is 2.81 bits per heavy atom. The molecule has 0 spiro atoms. The molecule has 0 aromatic heterocycles. The topological polar surface area (TPSA) is 20.2 Å². The van der Waals surface area contributed by atoms with E-state index in [-0.39, 0.29) is 6.10 Å². The van der Waals surface area contributed by atoms with Crippen molar-refractivity contribution in [2.75, 3.05) is 0 Å². The van der Waals surface area contributed by atoms with Crippen LogP contribution >= 0.6 is 0 Å². The van der Waals surface area contributed by atoms with Crippen LogP contribution in [0, 0.1) is 0 Å². The maximum atomic E-state index is 9.60. The Kier molecular flexibility index (Phi) is 2.26. The molecule has 0 saturated heterocycles. The second-order valence-electron chi connectivity index (χ2n) is 4.39. The van der Waals surface area contributed by atoms with E-state index in [9.17, 15) is 5.11 Å². The van der Waals surface area contributed by atoms with Gasteiger partial charge in [0.1, 0.15) is 0 Å². The van der Waals surface area contributed by atoms with Crippen LogP contribution in [0.4, 0.5) is 0 Å². The fourth-order valence-corrected chi connectivity index (χ4v) is 2.36. The Bertz CT molecular complexity index is 506. The van der Waals surface area contributed by atoms with E-state index in [4.69, 9.17) is 0 Å². The van der Waals surface area contributed by atoms with Gasteiger partial charge in [0.15, 0.2) is 0 Å². The molecule has 1 aromatic carbocycles. The van der Waals surface area contributed by atoms with Crippen molar-refractivity contribution in [2.45, 2.75) is 18.9 Å². The maximum absolute atomic E-state index is 9.60. The van der Waals surface area contributed by atoms with Gasteiger partial charge in [-0.15, -0.1) is 0 Å². The van der Waals surface area contributed by atoms with E-state index >= 15 is 0 Å². The van der Waals surface area contributed by atoms with Crippen LogP contribution in [-0.4, -0.2) is 11.2 Å². The number of hydrogen-bond acceptors (Lipinski definition) is 1. The Hall–Kier alpha value is -1.60. The lowest BCUT2D eigenvalue weighted by molar-refractivity contribution is 0.222. The van der Waals surface area contributed by atoms with Crippen molar-refractivity contribution < 1.29 is 5.11 Å². The molecule has 1 atom stereocenters. The first-order valence-corrected chi connectivity index (χ1v) is 5.67. The molecule has 0 radical (unpaired) electrons. The van der Waals surface area contributed by atoms with Gasteiger partial charge in [0.25, 0.3) is 0 Å². The molecule has 1 N–H and O–H groups in total. The van der Waals surface area contributed by atoms with Crippen LogP contribution < -0.4 is 0 Å². The second-order valence-corrected chi connectivity index (χ2v) is 4.39. The second kappa shape index (κ2) is 3.76. The maximum Gasteiger partial charge on any atom is 0.0764 e. The average Bonchev–Trinajstić information content (AvgIpc) is 2.48. The van der Waals surface area contributed by atoms with Gasteiger partial charge in [0.2, 0.25) is 0 Å². The summed E-state index contributed by atoms with van der Waals surface area (Å²) in [6, 6.07) is 8.47. The van der Waals surface area contributed by atoms with Crippen molar-refractivity contribution in [2.24, 2.45) is 0 Å². The molecular formula is C15H14O. The number of benzene rings is 1. The summed E-state index contributed by atoms with van der Waals surface area (Å²) in [5, 5.41) is 9.60. The lowest BCUT2D eigenvalue weighted by atomic mass is 9.92. The number of allylic oxidation sites excluding steroid dienone is 3. The van der Waals surface area contributed by atoms with Crippen LogP contribution in [0.25, 0.3) is 6.08 Å². The smallest absolute Gasteiger partial charge is 0.0764 e. The molecule has 80 valence electrons. The number of rotatable bonds is 0. The summed E-state index contributed by atoms with van der Waals surface area (Å²) in [7, 11) is 0. The summed E-state index contributed by atoms with van der Waals surface area (Å²) >= 11 is 0. The van der Waals surface area contributed by atoms with Crippen LogP contribution in [0.5, 0.6) is 0 Å². The molecule has 16 heavy (non-hydrogen) atoms. The van der Waals surface area contributed by atoms with E-state index in [0.29, 0.717) is 0 Å². The Morgan fingerprint density at radius 1 is 1.00 bits per heavy atom. The first kappa shape index (κ1) is 9.61. The summed E-state index contributed by atoms with van der Waals surface area (Å²) in [5.41, 5.74) is 5.27. The summed E-state index contributed by atoms with van der Waals surface area (Å²) < 4.78 is 0. The van der Waals surface area contributed by atoms with E-state index in [1.54, 1.807) is 0 Å². The zero-order valence-corrected chi connectivity index (χ0v) is 9.06. The van der Waals surface area contributed by atoms with E-state index < -0.39 is 0 Å². The molecule has 3 rings (SSSR count). The average molecular weight is 210 g/mol. The predicted molar refractivity (Wildman–Crippen MR) is 66.0 cm³/mol. The summed E-state index contributed by atoms with van der Waals surface area (Å²) in [6.07, 6.45) is 9.66. The van der Waals surface area contributed by atoms with Gasteiger partial charge < -0.3 is 5.11 Å². The van der Waals surface area contributed by atoms with Gasteiger partial charge in [-0.3, -0.25) is 0 Å². The predicted octanol–water partition coefficient (Wildman–Crippen LogP) is 2.87. The lowest BCUT2D eigenvalue weighted by Gasteiger charge is -2.16. The molecule has 2 aliphatic rings. The van der Waals surface area contributed by atoms with Crippen molar-refractivity contribution in [3.63, 3.8) is 0 Å². The standard InChI is InChI=1S/C15H14O/c16-15-8-7-13-9-12-4-2-1-3-11(12)5-6-14(13)10-15/h1-8,15-16H,9-10H2. The van der Waals surface area contributed by atoms with Gasteiger partial charge in [-0.2, -0.15) is 0 Å². The molecule has 1 aromatic rings. The zero-order chi connectivity index (χ0) is 11.0. The minimum absolute atomic E-state index is 0.315. The van der Waals surface area contributed by atoms with Crippen LogP contribution in [0.3, 0.4) is 0 Å². The fraction of sp³-hybridized carbons (Fsp3) is 0.200. The van der Waals surface area contributed by atoms with Gasteiger partial charge >= 0.3 is 0 Å². The molecule has 1 heteroatoms. The van der Waals surface area contributed by atoms with E-state index in [0.717, 1.165) is 12.8 Å². The SMILES string of the molecule is OC1C=CC2=C(C=Cc3ccccc3C2)C1. The first-order chi connectivity index (χ1) is 7.83. The number of aliphatic hydroxyl groups excluding tert-OH is 1. The summed E-state index contributed by atoms with van der Waals surface area (Å²) in [4.78, 5) is 0. The van der Waals surface area contributed by atoms with Crippen LogP contribution in [0.15, 0.2) is 53.6 Å². The first-order valence-electron chi connectivity index (χ1n) is 5.67. The molecule has 1 nitrogen and oxygen atoms in total. The summed E-state index contributed by atoms with van der Waals surface area (Å²) in [5.74, 6) is 0. The minimum atomic E-state index is -0.315. The Morgan fingerprint density at radius 2 is 1.88 bits per heavy atom. The number of fused-ring (bicyclic) bond motifs is 1. The highest BCUT2D eigenvalue weighted by Crippen LogP contribution is 2.28. The molecule has 2 aliphatic carbocycles. The third-order valence-corrected chi connectivity index (χ3v) is 3.26. The zero-order valence-electron chi connectivity index (χ0n) is 9.06. The molecule has 1 unspecified atom stereocenters. The van der Waals surface area contributed by atoms with E-state index in [1.165, 1.54) is 22.3 Å². The summed E-state index contributed by atoms with van der Waals surface area (Å²) in [6.45, 7) is 0. The molecule has 0 heterocycles. The van der Waals surface area contributed by atoms with E-state index in [1.807, 2.05) is 6.08 Å². The Labute approximate surface area is 95.4 Å². The third-order valence-electron chi connectivity index (χ3n) is 3.26. The normalized spacial score (nSPS) is 22.7. The van der Waals surface area contributed by atoms with Crippen molar-refractivity contribution >= 4 is 6.08 Å². The van der Waals surface area contributed by atoms with Crippen LogP contribution in [0.1, 0.15) is 17.5 Å². The van der Waals surface area contributed by atoms with Crippen molar-refractivity contribution in [1.29, 1.82) is 0 Å². The molecule has 0 bridgehead atoms. The monoisotopic (exact) mass is 210 g/mol. The molecular weight excluding hydrogens is 196 g/mol. The van der Waals surface area contributed by atoms with Gasteiger partial charge in [0.05, 0.1) is 6.10 Å². The van der Waals surface area contributed by atoms with Crippen LogP contribution in [-0.2, 0) is 6.42 Å². The number of hydrogen-bond donors (Lipinski definition) is 1. The Balaban J connectivity index is 2.04. The van der Waals surface area contributed by atoms with Gasteiger partial charge in [-0.1, -0.05) is 48.6 Å². The molecule has 0 aliphatic heterocycles. The van der Waals surface area contributed by atoms with Crippen molar-refractivity contribution in [3.05, 3.63) is 64.8 Å².